The Morgan fingerprint density at radius 1 is 1.10 bits per heavy atom. The van der Waals surface area contributed by atoms with E-state index >= 15 is 0 Å². The van der Waals surface area contributed by atoms with Gasteiger partial charge in [0.25, 0.3) is 0 Å². The van der Waals surface area contributed by atoms with Crippen LogP contribution in [0.5, 0.6) is 0 Å². The summed E-state index contributed by atoms with van der Waals surface area (Å²) in [5, 5.41) is 3.33. The molecule has 106 valence electrons. The highest BCUT2D eigenvalue weighted by Crippen LogP contribution is 2.24. The van der Waals surface area contributed by atoms with Gasteiger partial charge in [0.15, 0.2) is 5.82 Å². The second-order valence-corrected chi connectivity index (χ2v) is 5.80. The van der Waals surface area contributed by atoms with Gasteiger partial charge in [0, 0.05) is 33.5 Å². The average molecular weight is 334 g/mol. The monoisotopic (exact) mass is 333 g/mol. The van der Waals surface area contributed by atoms with Crippen LogP contribution in [0.4, 0.5) is 0 Å². The summed E-state index contributed by atoms with van der Waals surface area (Å²) in [6.07, 6.45) is 0. The number of benzene rings is 1. The molecule has 0 fully saturated rings. The number of hydrogen-bond acceptors (Lipinski definition) is 3. The topological polar surface area (TPSA) is 37.8 Å². The van der Waals surface area contributed by atoms with Crippen LogP contribution in [0.3, 0.4) is 0 Å². The Morgan fingerprint density at radius 2 is 1.75 bits per heavy atom. The van der Waals surface area contributed by atoms with Crippen molar-refractivity contribution in [1.29, 1.82) is 0 Å². The predicted molar refractivity (Wildman–Crippen MR) is 86.8 cm³/mol. The minimum atomic E-state index is 0.793. The Bertz CT molecular complexity index is 600. The second-order valence-electron chi connectivity index (χ2n) is 4.94. The Morgan fingerprint density at radius 3 is 2.30 bits per heavy atom. The smallest absolute Gasteiger partial charge is 0.159 e. The molecule has 2 rings (SSSR count). The zero-order valence-corrected chi connectivity index (χ0v) is 14.0. The van der Waals surface area contributed by atoms with Crippen LogP contribution < -0.4 is 5.32 Å². The lowest BCUT2D eigenvalue weighted by Crippen LogP contribution is -2.15. The Hall–Kier alpha value is -1.26. The lowest BCUT2D eigenvalue weighted by molar-refractivity contribution is 0.711. The van der Waals surface area contributed by atoms with Crippen molar-refractivity contribution in [1.82, 2.24) is 15.3 Å². The number of aryl methyl sites for hydroxylation is 3. The lowest BCUT2D eigenvalue weighted by atomic mass is 10.1. The second kappa shape index (κ2) is 6.46. The van der Waals surface area contributed by atoms with Crippen LogP contribution in [0.1, 0.15) is 29.4 Å². The Balaban J connectivity index is 2.41. The molecular formula is C16H20BrN3. The van der Waals surface area contributed by atoms with Crippen molar-refractivity contribution in [3.63, 3.8) is 0 Å². The summed E-state index contributed by atoms with van der Waals surface area (Å²) in [5.74, 6) is 0.793. The predicted octanol–water partition coefficient (Wildman–Crippen LogP) is 3.94. The molecule has 1 aromatic heterocycles. The van der Waals surface area contributed by atoms with Gasteiger partial charge in [-0.3, -0.25) is 0 Å². The van der Waals surface area contributed by atoms with Gasteiger partial charge in [0.2, 0.25) is 0 Å². The molecule has 0 aliphatic rings. The number of halogens is 1. The molecule has 0 spiro atoms. The fourth-order valence-corrected chi connectivity index (χ4v) is 2.49. The van der Waals surface area contributed by atoms with E-state index in [-0.39, 0.29) is 0 Å². The highest BCUT2D eigenvalue weighted by Gasteiger charge is 2.10. The molecule has 0 bridgehead atoms. The van der Waals surface area contributed by atoms with Gasteiger partial charge in [-0.1, -0.05) is 35.0 Å². The van der Waals surface area contributed by atoms with Gasteiger partial charge in [-0.25, -0.2) is 9.97 Å². The van der Waals surface area contributed by atoms with Crippen molar-refractivity contribution in [2.24, 2.45) is 0 Å². The fourth-order valence-electron chi connectivity index (χ4n) is 2.11. The highest BCUT2D eigenvalue weighted by molar-refractivity contribution is 9.10. The standard InChI is InChI=1S/C16H20BrN3/c1-5-18-9-14-11(3)19-16(20-12(14)4)13-7-6-10(2)15(17)8-13/h6-8,18H,5,9H2,1-4H3. The molecule has 1 N–H and O–H groups in total. The third-order valence-electron chi connectivity index (χ3n) is 3.40. The van der Waals surface area contributed by atoms with Crippen molar-refractivity contribution in [2.45, 2.75) is 34.2 Å². The molecule has 0 aliphatic carbocycles. The minimum Gasteiger partial charge on any atom is -0.313 e. The van der Waals surface area contributed by atoms with Gasteiger partial charge < -0.3 is 5.32 Å². The lowest BCUT2D eigenvalue weighted by Gasteiger charge is -2.11. The molecule has 0 radical (unpaired) electrons. The van der Waals surface area contributed by atoms with Crippen LogP contribution in [0, 0.1) is 20.8 Å². The van der Waals surface area contributed by atoms with Crippen molar-refractivity contribution in [2.75, 3.05) is 6.54 Å². The van der Waals surface area contributed by atoms with E-state index in [1.807, 2.05) is 13.8 Å². The number of aromatic nitrogens is 2. The van der Waals surface area contributed by atoms with Crippen LogP contribution in [-0.2, 0) is 6.54 Å². The summed E-state index contributed by atoms with van der Waals surface area (Å²) < 4.78 is 1.09. The quantitative estimate of drug-likeness (QED) is 0.920. The zero-order valence-electron chi connectivity index (χ0n) is 12.4. The number of hydrogen-bond donors (Lipinski definition) is 1. The minimum absolute atomic E-state index is 0.793. The first kappa shape index (κ1) is 15.1. The molecule has 0 atom stereocenters. The van der Waals surface area contributed by atoms with Gasteiger partial charge in [0.1, 0.15) is 0 Å². The van der Waals surface area contributed by atoms with Crippen LogP contribution in [0.15, 0.2) is 22.7 Å². The molecule has 4 heteroatoms. The van der Waals surface area contributed by atoms with Crippen LogP contribution in [-0.4, -0.2) is 16.5 Å². The third-order valence-corrected chi connectivity index (χ3v) is 4.26. The summed E-state index contributed by atoms with van der Waals surface area (Å²) >= 11 is 3.56. The SMILES string of the molecule is CCNCc1c(C)nc(-c2ccc(C)c(Br)c2)nc1C. The number of rotatable bonds is 4. The van der Waals surface area contributed by atoms with Crippen molar-refractivity contribution < 1.29 is 0 Å². The molecular weight excluding hydrogens is 314 g/mol. The molecule has 2 aromatic rings. The van der Waals surface area contributed by atoms with E-state index in [0.717, 1.165) is 40.3 Å². The van der Waals surface area contributed by atoms with Gasteiger partial charge in [0.05, 0.1) is 0 Å². The first-order valence-electron chi connectivity index (χ1n) is 6.84. The summed E-state index contributed by atoms with van der Waals surface area (Å²) in [7, 11) is 0. The molecule has 0 saturated carbocycles. The molecule has 1 aromatic carbocycles. The summed E-state index contributed by atoms with van der Waals surface area (Å²) in [5.41, 5.74) is 5.55. The molecule has 20 heavy (non-hydrogen) atoms. The van der Waals surface area contributed by atoms with E-state index in [1.54, 1.807) is 0 Å². The van der Waals surface area contributed by atoms with E-state index in [1.165, 1.54) is 11.1 Å². The zero-order chi connectivity index (χ0) is 14.7. The molecule has 3 nitrogen and oxygen atoms in total. The van der Waals surface area contributed by atoms with Crippen LogP contribution >= 0.6 is 15.9 Å². The maximum atomic E-state index is 4.66. The van der Waals surface area contributed by atoms with E-state index in [2.05, 4.69) is 63.3 Å². The number of nitrogens with one attached hydrogen (secondary N) is 1. The fraction of sp³-hybridized carbons (Fsp3) is 0.375. The summed E-state index contributed by atoms with van der Waals surface area (Å²) in [4.78, 5) is 9.31. The van der Waals surface area contributed by atoms with E-state index in [4.69, 9.17) is 0 Å². The van der Waals surface area contributed by atoms with E-state index in [9.17, 15) is 0 Å². The molecule has 0 unspecified atom stereocenters. The van der Waals surface area contributed by atoms with Crippen molar-refractivity contribution >= 4 is 15.9 Å². The average Bonchev–Trinajstić information content (AvgIpc) is 2.41. The molecule has 1 heterocycles. The van der Waals surface area contributed by atoms with Gasteiger partial charge in [-0.15, -0.1) is 0 Å². The molecule has 0 amide bonds. The van der Waals surface area contributed by atoms with Gasteiger partial charge in [-0.2, -0.15) is 0 Å². The van der Waals surface area contributed by atoms with Gasteiger partial charge in [-0.05, 0) is 38.9 Å². The largest absolute Gasteiger partial charge is 0.313 e. The van der Waals surface area contributed by atoms with E-state index < -0.39 is 0 Å². The highest BCUT2D eigenvalue weighted by atomic mass is 79.9. The third kappa shape index (κ3) is 3.25. The maximum Gasteiger partial charge on any atom is 0.159 e. The maximum absolute atomic E-state index is 4.66. The Kier molecular flexibility index (Phi) is 4.89. The first-order valence-corrected chi connectivity index (χ1v) is 7.63. The summed E-state index contributed by atoms with van der Waals surface area (Å²) in [6, 6.07) is 6.23. The van der Waals surface area contributed by atoms with Crippen LogP contribution in [0.25, 0.3) is 11.4 Å². The number of nitrogens with zero attached hydrogens (tertiary/aromatic N) is 2. The Labute approximate surface area is 129 Å². The normalized spacial score (nSPS) is 10.8. The van der Waals surface area contributed by atoms with Crippen molar-refractivity contribution in [3.8, 4) is 11.4 Å². The van der Waals surface area contributed by atoms with Gasteiger partial charge >= 0.3 is 0 Å². The van der Waals surface area contributed by atoms with E-state index in [0.29, 0.717) is 0 Å². The molecule has 0 saturated heterocycles. The summed E-state index contributed by atoms with van der Waals surface area (Å²) in [6.45, 7) is 10.0. The first-order chi connectivity index (χ1) is 9.52. The molecule has 0 aliphatic heterocycles. The van der Waals surface area contributed by atoms with Crippen LogP contribution in [0.2, 0.25) is 0 Å². The van der Waals surface area contributed by atoms with Crippen molar-refractivity contribution in [3.05, 3.63) is 45.2 Å².